The highest BCUT2D eigenvalue weighted by atomic mass is 32.2. The number of aliphatic hydroxyl groups is 2. The van der Waals surface area contributed by atoms with Gasteiger partial charge in [-0.2, -0.15) is 0 Å². The summed E-state index contributed by atoms with van der Waals surface area (Å²) >= 11 is 0.697. The standard InChI is InChI=1S/C85H115N23O23S/c1-6-8-19-63-79(125)93-54(26-28-70(115)116)75(121)100-62(74(120)91-39-68(88)113)42-132-43-69(114)92-58(31-45-22-24-48(110)25-23-45)82(128)104(4)44(3)73(119)97-59(35-67(87)112)84(130)106-30-14-21-64(106)80(126)98-60(36-86)77(123)94-55(27-29-71(117)118)83(129)107-40-49(111)34-66(107)81(127)96-57(33-47-38-90-53-18-13-11-16-51(47)53)76(122)99-61(41-109)78(124)95-56(32-46-37-89-52-17-12-10-15-50(46)52)72-101-102-103-108(72)65(20-9-7-2)85(131)105(63)5/h10-13,15-18,22-25,37-38,44,49,54-66,89-90,109-111H,6-9,14,19-21,26-36,39-43,86H2,1-5H3,(H2,87,112)(H2,88,113)(H,91,120)(H,92,114)(H,93,125)(H,94,123)(H,95,124)(H,96,127)(H,97,119)(H,98,126)(H,99,122)(H,100,121)(H,115,116)(H,117,118)/t44-,49+,54-,55-,56-,57-,58-,59-,60-,61-,62-,63-,64-,65-,66-/m0/s1. The van der Waals surface area contributed by atoms with Crippen LogP contribution in [0.3, 0.4) is 0 Å². The molecule has 3 aromatic carbocycles. The van der Waals surface area contributed by atoms with Crippen molar-refractivity contribution in [2.24, 2.45) is 17.2 Å². The molecule has 15 atom stereocenters. The van der Waals surface area contributed by atoms with E-state index in [1.165, 1.54) is 45.3 Å². The van der Waals surface area contributed by atoms with Crippen molar-refractivity contribution in [3.05, 3.63) is 108 Å². The number of nitrogens with zero attached hydrogens (tertiary/aromatic N) is 8. The lowest BCUT2D eigenvalue weighted by atomic mass is 10.0. The minimum Gasteiger partial charge on any atom is -0.508 e. The molecular formula is C85H115N23O23S. The van der Waals surface area contributed by atoms with Crippen molar-refractivity contribution in [3.63, 3.8) is 0 Å². The number of aliphatic carboxylic acids is 2. The van der Waals surface area contributed by atoms with Crippen LogP contribution in [0.5, 0.6) is 5.75 Å². The Bertz CT molecular complexity index is 5180. The van der Waals surface area contributed by atoms with Gasteiger partial charge in [0.05, 0.1) is 37.5 Å². The first-order valence-corrected chi connectivity index (χ1v) is 44.5. The fourth-order valence-electron chi connectivity index (χ4n) is 15.9. The molecule has 46 nitrogen and oxygen atoms in total. The van der Waals surface area contributed by atoms with Crippen molar-refractivity contribution < 1.29 is 112 Å². The lowest BCUT2D eigenvalue weighted by Gasteiger charge is -2.32. The first-order valence-electron chi connectivity index (χ1n) is 43.3. The van der Waals surface area contributed by atoms with Crippen LogP contribution in [-0.4, -0.2) is 319 Å². The van der Waals surface area contributed by atoms with Crippen LogP contribution in [0.15, 0.2) is 85.2 Å². The van der Waals surface area contributed by atoms with E-state index in [1.54, 1.807) is 67.8 Å². The predicted octanol–water partition coefficient (Wildman–Crippen LogP) is -4.44. The number of para-hydroxylation sites is 2. The lowest BCUT2D eigenvalue weighted by Crippen LogP contribution is -2.61. The average molecular weight is 1860 g/mol. The van der Waals surface area contributed by atoms with Crippen LogP contribution in [0.2, 0.25) is 0 Å². The van der Waals surface area contributed by atoms with E-state index in [2.05, 4.69) is 78.7 Å². The number of rotatable bonds is 25. The minimum absolute atomic E-state index is 0.0275. The molecule has 714 valence electrons. The number of thioether (sulfide) groups is 1. The predicted molar refractivity (Wildman–Crippen MR) is 471 cm³/mol. The van der Waals surface area contributed by atoms with Crippen molar-refractivity contribution in [1.29, 1.82) is 0 Å². The number of hydrogen-bond acceptors (Lipinski definition) is 26. The first kappa shape index (κ1) is 102. The number of carboxylic acids is 2. The fraction of sp³-hybridized carbons (Fsp3) is 0.518. The van der Waals surface area contributed by atoms with E-state index < -0.39 is 273 Å². The summed E-state index contributed by atoms with van der Waals surface area (Å²) in [6.45, 7) is 1.47. The molecule has 6 aromatic rings. The summed E-state index contributed by atoms with van der Waals surface area (Å²) in [6, 6.07) is -3.66. The lowest BCUT2D eigenvalue weighted by molar-refractivity contribution is -0.145. The van der Waals surface area contributed by atoms with Crippen LogP contribution >= 0.6 is 11.8 Å². The number of carbonyl (C=O) groups is 18. The molecule has 0 bridgehead atoms. The number of unbranched alkanes of at least 4 members (excludes halogenated alkanes) is 2. The number of aromatic nitrogens is 6. The van der Waals surface area contributed by atoms with Crippen molar-refractivity contribution >= 4 is 140 Å². The summed E-state index contributed by atoms with van der Waals surface area (Å²) in [5.41, 5.74) is 19.7. The number of nitrogens with one attached hydrogen (secondary N) is 12. The van der Waals surface area contributed by atoms with E-state index >= 15 is 28.8 Å². The summed E-state index contributed by atoms with van der Waals surface area (Å²) in [7, 11) is 2.48. The number of hydrogen-bond donors (Lipinski definition) is 20. The maximum Gasteiger partial charge on any atom is 0.303 e. The Labute approximate surface area is 761 Å². The second-order valence-electron chi connectivity index (χ2n) is 32.7. The largest absolute Gasteiger partial charge is 0.508 e. The zero-order valence-corrected chi connectivity index (χ0v) is 74.3. The second-order valence-corrected chi connectivity index (χ2v) is 33.7. The number of H-pyrrole nitrogens is 2. The molecule has 3 aliphatic heterocycles. The first-order chi connectivity index (χ1) is 62.9. The molecule has 0 aliphatic carbocycles. The second kappa shape index (κ2) is 48.3. The van der Waals surface area contributed by atoms with Crippen molar-refractivity contribution in [2.75, 3.05) is 58.4 Å². The quantitative estimate of drug-likeness (QED) is 0.0257. The van der Waals surface area contributed by atoms with Gasteiger partial charge in [-0.1, -0.05) is 88.1 Å². The topological polar surface area (TPSA) is 695 Å². The number of carbonyl (C=O) groups excluding carboxylic acids is 16. The molecule has 16 amide bonds. The molecule has 6 heterocycles. The number of fused-ring (bicyclic) bond motifs is 5. The molecule has 3 aromatic heterocycles. The van der Waals surface area contributed by atoms with Gasteiger partial charge in [-0.3, -0.25) is 86.3 Å². The van der Waals surface area contributed by atoms with Gasteiger partial charge in [-0.25, -0.2) is 4.68 Å². The Kier molecular flexibility index (Phi) is 37.3. The van der Waals surface area contributed by atoms with Gasteiger partial charge >= 0.3 is 11.9 Å². The molecule has 132 heavy (non-hydrogen) atoms. The summed E-state index contributed by atoms with van der Waals surface area (Å²) in [4.78, 5) is 267. The molecule has 0 unspecified atom stereocenters. The normalized spacial score (nSPS) is 24.8. The molecular weight excluding hydrogens is 1740 g/mol. The zero-order valence-electron chi connectivity index (χ0n) is 73.5. The Hall–Kier alpha value is -13.7. The monoisotopic (exact) mass is 1860 g/mol. The van der Waals surface area contributed by atoms with Crippen LogP contribution < -0.4 is 70.4 Å². The van der Waals surface area contributed by atoms with Gasteiger partial charge in [-0.05, 0) is 96.8 Å². The molecule has 0 radical (unpaired) electrons. The summed E-state index contributed by atoms with van der Waals surface area (Å²) in [5.74, 6) is -21.0. The van der Waals surface area contributed by atoms with Crippen LogP contribution in [-0.2, 0) is 106 Å². The Balaban J connectivity index is 1.10. The summed E-state index contributed by atoms with van der Waals surface area (Å²) in [5, 5.41) is 92.0. The van der Waals surface area contributed by atoms with E-state index in [4.69, 9.17) is 17.2 Å². The number of aromatic hydroxyl groups is 1. The van der Waals surface area contributed by atoms with E-state index in [1.807, 2.05) is 6.92 Å². The number of aliphatic hydroxyl groups excluding tert-OH is 2. The molecule has 0 spiro atoms. The van der Waals surface area contributed by atoms with Crippen LogP contribution in [0.4, 0.5) is 0 Å². The molecule has 47 heteroatoms. The number of phenols is 1. The molecule has 23 N–H and O–H groups in total. The van der Waals surface area contributed by atoms with Gasteiger partial charge in [0.2, 0.25) is 94.5 Å². The number of amides is 16. The number of phenolic OH excluding ortho intramolecular Hbond substituents is 1. The van der Waals surface area contributed by atoms with E-state index in [0.29, 0.717) is 69.5 Å². The number of nitrogens with two attached hydrogens (primary N) is 3. The fourth-order valence-corrected chi connectivity index (χ4v) is 16.7. The highest BCUT2D eigenvalue weighted by molar-refractivity contribution is 8.00. The van der Waals surface area contributed by atoms with Gasteiger partial charge < -0.3 is 125 Å². The molecule has 0 saturated carbocycles. The number of primary amides is 2. The molecule has 2 saturated heterocycles. The molecule has 3 aliphatic rings. The number of aromatic amines is 2. The third kappa shape index (κ3) is 27.5. The maximum atomic E-state index is 15.7. The Morgan fingerprint density at radius 1 is 0.553 bits per heavy atom. The minimum atomic E-state index is -1.90. The van der Waals surface area contributed by atoms with Gasteiger partial charge in [0, 0.05) is 112 Å². The van der Waals surface area contributed by atoms with E-state index in [-0.39, 0.29) is 69.5 Å². The zero-order chi connectivity index (χ0) is 96.3. The summed E-state index contributed by atoms with van der Waals surface area (Å²) in [6.07, 6.45) is -1.89. The van der Waals surface area contributed by atoms with Gasteiger partial charge in [0.15, 0.2) is 5.82 Å². The Morgan fingerprint density at radius 3 is 1.70 bits per heavy atom. The van der Waals surface area contributed by atoms with Crippen LogP contribution in [0.1, 0.15) is 145 Å². The highest BCUT2D eigenvalue weighted by Gasteiger charge is 2.47. The van der Waals surface area contributed by atoms with Crippen molar-refractivity contribution in [3.8, 4) is 5.75 Å². The number of benzene rings is 3. The highest BCUT2D eigenvalue weighted by Crippen LogP contribution is 2.31. The van der Waals surface area contributed by atoms with E-state index in [9.17, 15) is 83.1 Å². The van der Waals surface area contributed by atoms with Crippen LogP contribution in [0.25, 0.3) is 21.8 Å². The third-order valence-electron chi connectivity index (χ3n) is 23.2. The maximum absolute atomic E-state index is 15.7. The average Bonchev–Trinajstić information content (AvgIpc) is 1.65. The van der Waals surface area contributed by atoms with Gasteiger partial charge in [0.25, 0.3) is 0 Å². The number of carboxylic acid groups (broad SMARTS) is 2. The third-order valence-corrected chi connectivity index (χ3v) is 24.2. The Morgan fingerprint density at radius 2 is 1.09 bits per heavy atom. The van der Waals surface area contributed by atoms with E-state index in [0.717, 1.165) is 24.3 Å². The van der Waals surface area contributed by atoms with Gasteiger partial charge in [0.1, 0.15) is 84.3 Å². The molecule has 2 fully saturated rings. The SMILES string of the molecule is CCCC[C@H]1C(=O)N[C@@H](CCC(=O)O)C(=O)N[C@H](C(=O)NCC(N)=O)CSCC(=O)N[C@@H](Cc2ccc(O)cc2)C(=O)N(C)[C@@H](C)C(=O)N[C@@H](CC(N)=O)C(=O)N2CCC[C@H]2C(=O)N[C@@H](CN)C(=O)N[C@@H](CCC(=O)O)C(=O)N2C[C@H](O)C[C@H]2C(=O)N[C@@H](Cc2c[nH]c3ccccc23)C(=O)N[C@@H](CO)C(=O)N[C@@H](Cc2c[nH]c3ccccc23)c2nnnn2[C@@H](CCCC)C(=O)N1C. The smallest absolute Gasteiger partial charge is 0.303 e. The van der Waals surface area contributed by atoms with Gasteiger partial charge in [-0.15, -0.1) is 16.9 Å². The summed E-state index contributed by atoms with van der Waals surface area (Å²) < 4.78 is 1.16. The molecule has 9 rings (SSSR count). The van der Waals surface area contributed by atoms with Crippen molar-refractivity contribution in [1.82, 2.24) is 103 Å². The number of likely N-dealkylation sites (N-methyl/N-ethyl adjacent to an activating group) is 2. The number of tetrazole rings is 1. The van der Waals surface area contributed by atoms with Crippen LogP contribution in [0, 0.1) is 0 Å². The van der Waals surface area contributed by atoms with Crippen molar-refractivity contribution in [2.45, 2.75) is 221 Å².